The molecule has 122 valence electrons. The summed E-state index contributed by atoms with van der Waals surface area (Å²) in [7, 11) is 0. The first-order chi connectivity index (χ1) is 9.58. The zero-order valence-electron chi connectivity index (χ0n) is 14.4. The molecule has 1 aromatic heterocycles. The van der Waals surface area contributed by atoms with Gasteiger partial charge in [-0.3, -0.25) is 0 Å². The van der Waals surface area contributed by atoms with Crippen LogP contribution in [0.25, 0.3) is 0 Å². The highest BCUT2D eigenvalue weighted by molar-refractivity contribution is 5.05. The average molecular weight is 312 g/mol. The summed E-state index contributed by atoms with van der Waals surface area (Å²) in [5.74, 6) is 1.68. The van der Waals surface area contributed by atoms with Crippen molar-refractivity contribution in [2.75, 3.05) is 0 Å². The van der Waals surface area contributed by atoms with Crippen LogP contribution in [0.1, 0.15) is 71.8 Å². The average Bonchev–Trinajstić information content (AvgIpc) is 2.40. The molecule has 1 nitrogen and oxygen atoms in total. The third-order valence-corrected chi connectivity index (χ3v) is 3.86. The number of rotatable bonds is 10. The van der Waals surface area contributed by atoms with Gasteiger partial charge in [-0.2, -0.15) is 0 Å². The Morgan fingerprint density at radius 1 is 0.905 bits per heavy atom. The topological polar surface area (TPSA) is 3.88 Å². The number of nitrogens with zero attached hydrogens (tertiary/aromatic N) is 1. The molecule has 0 radical (unpaired) electrons. The maximum Gasteiger partial charge on any atom is 0.171 e. The van der Waals surface area contributed by atoms with Crippen molar-refractivity contribution in [3.8, 4) is 0 Å². The zero-order valence-corrected chi connectivity index (χ0v) is 15.2. The maximum atomic E-state index is 2.37. The van der Waals surface area contributed by atoms with Crippen LogP contribution in [-0.2, 0) is 13.0 Å². The molecule has 0 atom stereocenters. The summed E-state index contributed by atoms with van der Waals surface area (Å²) >= 11 is 0. The number of pyridine rings is 1. The van der Waals surface area contributed by atoms with E-state index in [2.05, 4.69) is 56.8 Å². The largest absolute Gasteiger partial charge is 1.00 e. The molecule has 0 fully saturated rings. The predicted octanol–water partition coefficient (Wildman–Crippen LogP) is 2.17. The molecule has 0 amide bonds. The Kier molecular flexibility index (Phi) is 11.7. The number of unbranched alkanes of at least 4 members (excludes halogenated alkanes) is 2. The van der Waals surface area contributed by atoms with Gasteiger partial charge < -0.3 is 12.4 Å². The first kappa shape index (κ1) is 20.4. The summed E-state index contributed by atoms with van der Waals surface area (Å²) in [6, 6.07) is 4.49. The molecule has 21 heavy (non-hydrogen) atoms. The van der Waals surface area contributed by atoms with Crippen LogP contribution in [0.3, 0.4) is 0 Å². The first-order valence-electron chi connectivity index (χ1n) is 8.56. The van der Waals surface area contributed by atoms with Crippen molar-refractivity contribution in [3.63, 3.8) is 0 Å². The fraction of sp³-hybridized carbons (Fsp3) is 0.737. The van der Waals surface area contributed by atoms with E-state index in [0.717, 1.165) is 11.8 Å². The Morgan fingerprint density at radius 3 is 2.14 bits per heavy atom. The monoisotopic (exact) mass is 311 g/mol. The summed E-state index contributed by atoms with van der Waals surface area (Å²) in [6.07, 6.45) is 13.9. The summed E-state index contributed by atoms with van der Waals surface area (Å²) in [5, 5.41) is 0. The number of halogens is 1. The smallest absolute Gasteiger partial charge is 0.171 e. The van der Waals surface area contributed by atoms with E-state index in [-0.39, 0.29) is 12.4 Å². The molecule has 0 aliphatic carbocycles. The number of aromatic nitrogens is 1. The van der Waals surface area contributed by atoms with Crippen molar-refractivity contribution in [1.29, 1.82) is 0 Å². The Labute approximate surface area is 138 Å². The van der Waals surface area contributed by atoms with Crippen molar-refractivity contribution in [2.45, 2.75) is 79.2 Å². The quantitative estimate of drug-likeness (QED) is 0.460. The van der Waals surface area contributed by atoms with E-state index in [1.807, 2.05) is 0 Å². The van der Waals surface area contributed by atoms with Gasteiger partial charge in [-0.25, -0.2) is 4.57 Å². The van der Waals surface area contributed by atoms with E-state index in [9.17, 15) is 0 Å². The van der Waals surface area contributed by atoms with E-state index < -0.39 is 0 Å². The summed E-state index contributed by atoms with van der Waals surface area (Å²) in [4.78, 5) is 0. The Hall–Kier alpha value is -0.560. The molecule has 0 saturated heterocycles. The minimum Gasteiger partial charge on any atom is -1.00 e. The van der Waals surface area contributed by atoms with Gasteiger partial charge in [0.2, 0.25) is 0 Å². The molecule has 0 aromatic carbocycles. The van der Waals surface area contributed by atoms with Crippen molar-refractivity contribution >= 4 is 0 Å². The molecule has 1 aromatic rings. The lowest BCUT2D eigenvalue weighted by atomic mass is 10.0. The van der Waals surface area contributed by atoms with Gasteiger partial charge in [-0.05, 0) is 37.2 Å². The molecule has 1 heterocycles. The highest BCUT2D eigenvalue weighted by Gasteiger charge is 2.04. The van der Waals surface area contributed by atoms with Gasteiger partial charge in [0.1, 0.15) is 6.54 Å². The van der Waals surface area contributed by atoms with Gasteiger partial charge in [-0.1, -0.05) is 47.0 Å². The minimum absolute atomic E-state index is 0. The Bertz CT molecular complexity index is 329. The molecule has 0 spiro atoms. The number of hydrogen-bond donors (Lipinski definition) is 0. The molecule has 0 N–H and O–H groups in total. The van der Waals surface area contributed by atoms with E-state index in [1.165, 1.54) is 57.1 Å². The van der Waals surface area contributed by atoms with Crippen LogP contribution in [0.2, 0.25) is 0 Å². The SMILES string of the molecule is CC(C)CCCCc1ccc[n+](CCCCC(C)C)c1.[Cl-]. The van der Waals surface area contributed by atoms with Crippen LogP contribution in [0.15, 0.2) is 24.5 Å². The second kappa shape index (κ2) is 12.0. The van der Waals surface area contributed by atoms with Crippen LogP contribution in [0.4, 0.5) is 0 Å². The standard InChI is InChI=1S/C19H34N.ClH/c1-17(2)10-5-6-12-19-13-9-15-20(16-19)14-8-7-11-18(3)4;/h9,13,15-18H,5-8,10-12,14H2,1-4H3;1H/q+1;/p-1. The highest BCUT2D eigenvalue weighted by atomic mass is 35.5. The highest BCUT2D eigenvalue weighted by Crippen LogP contribution is 2.10. The van der Waals surface area contributed by atoms with Crippen LogP contribution in [0, 0.1) is 11.8 Å². The van der Waals surface area contributed by atoms with Crippen LogP contribution >= 0.6 is 0 Å². The lowest BCUT2D eigenvalue weighted by Crippen LogP contribution is -3.00. The van der Waals surface area contributed by atoms with Gasteiger partial charge in [0, 0.05) is 18.1 Å². The van der Waals surface area contributed by atoms with Gasteiger partial charge in [0.05, 0.1) is 0 Å². The molecule has 2 heteroatoms. The van der Waals surface area contributed by atoms with Crippen LogP contribution in [-0.4, -0.2) is 0 Å². The van der Waals surface area contributed by atoms with Crippen LogP contribution in [0.5, 0.6) is 0 Å². The number of aryl methyl sites for hydroxylation is 2. The number of hydrogen-bond acceptors (Lipinski definition) is 0. The van der Waals surface area contributed by atoms with E-state index >= 15 is 0 Å². The molecule has 0 bridgehead atoms. The molecular weight excluding hydrogens is 278 g/mol. The van der Waals surface area contributed by atoms with Crippen molar-refractivity contribution in [3.05, 3.63) is 30.1 Å². The fourth-order valence-electron chi connectivity index (χ4n) is 2.59. The van der Waals surface area contributed by atoms with Crippen molar-refractivity contribution < 1.29 is 17.0 Å². The second-order valence-corrected chi connectivity index (χ2v) is 6.98. The van der Waals surface area contributed by atoms with Crippen molar-refractivity contribution in [2.24, 2.45) is 11.8 Å². The summed E-state index contributed by atoms with van der Waals surface area (Å²) in [6.45, 7) is 10.4. The van der Waals surface area contributed by atoms with Crippen molar-refractivity contribution in [1.82, 2.24) is 0 Å². The molecule has 0 unspecified atom stereocenters. The molecule has 0 aliphatic rings. The molecule has 0 aliphatic heterocycles. The normalized spacial score (nSPS) is 11.0. The first-order valence-corrected chi connectivity index (χ1v) is 8.56. The maximum absolute atomic E-state index is 2.37. The summed E-state index contributed by atoms with van der Waals surface area (Å²) < 4.78 is 2.37. The van der Waals surface area contributed by atoms with Gasteiger partial charge in [0.15, 0.2) is 12.4 Å². The Morgan fingerprint density at radius 2 is 1.52 bits per heavy atom. The molecule has 1 rings (SSSR count). The van der Waals surface area contributed by atoms with E-state index in [4.69, 9.17) is 0 Å². The Balaban J connectivity index is 0.00000400. The minimum atomic E-state index is 0. The third-order valence-electron chi connectivity index (χ3n) is 3.86. The van der Waals surface area contributed by atoms with E-state index in [0.29, 0.717) is 0 Å². The second-order valence-electron chi connectivity index (χ2n) is 6.98. The fourth-order valence-corrected chi connectivity index (χ4v) is 2.59. The molecular formula is C19H34ClN. The van der Waals surface area contributed by atoms with Gasteiger partial charge >= 0.3 is 0 Å². The summed E-state index contributed by atoms with van der Waals surface area (Å²) in [5.41, 5.74) is 1.50. The lowest BCUT2D eigenvalue weighted by Gasteiger charge is -2.05. The molecule has 0 saturated carbocycles. The van der Waals surface area contributed by atoms with Gasteiger partial charge in [0.25, 0.3) is 0 Å². The lowest BCUT2D eigenvalue weighted by molar-refractivity contribution is -0.697. The zero-order chi connectivity index (χ0) is 14.8. The predicted molar refractivity (Wildman–Crippen MR) is 87.7 cm³/mol. The third kappa shape index (κ3) is 10.8. The van der Waals surface area contributed by atoms with Crippen LogP contribution < -0.4 is 17.0 Å². The van der Waals surface area contributed by atoms with Gasteiger partial charge in [-0.15, -0.1) is 0 Å². The van der Waals surface area contributed by atoms with E-state index in [1.54, 1.807) is 0 Å².